The van der Waals surface area contributed by atoms with Gasteiger partial charge in [-0.05, 0) is 56.0 Å². The summed E-state index contributed by atoms with van der Waals surface area (Å²) in [5.74, 6) is -1.11. The van der Waals surface area contributed by atoms with Crippen LogP contribution in [0.5, 0.6) is 0 Å². The van der Waals surface area contributed by atoms with E-state index in [0.29, 0.717) is 11.3 Å². The molecular formula is C25H26ClN3O3. The summed E-state index contributed by atoms with van der Waals surface area (Å²) < 4.78 is 0. The summed E-state index contributed by atoms with van der Waals surface area (Å²) in [7, 11) is 0. The van der Waals surface area contributed by atoms with Crippen LogP contribution >= 0.6 is 11.6 Å². The van der Waals surface area contributed by atoms with Gasteiger partial charge in [0.05, 0.1) is 0 Å². The zero-order valence-corrected chi connectivity index (χ0v) is 19.0. The van der Waals surface area contributed by atoms with Crippen LogP contribution in [0.25, 0.3) is 0 Å². The normalized spacial score (nSPS) is 17.2. The second kappa shape index (κ2) is 9.17. The number of benzene rings is 2. The van der Waals surface area contributed by atoms with Crippen molar-refractivity contribution in [1.82, 2.24) is 4.90 Å². The van der Waals surface area contributed by atoms with E-state index in [0.717, 1.165) is 48.9 Å². The van der Waals surface area contributed by atoms with Crippen LogP contribution in [0.3, 0.4) is 0 Å². The number of halogens is 1. The number of hydrogen-bond donors (Lipinski definition) is 2. The lowest BCUT2D eigenvalue weighted by molar-refractivity contribution is -0.140. The molecule has 6 nitrogen and oxygen atoms in total. The van der Waals surface area contributed by atoms with E-state index < -0.39 is 11.8 Å². The Bertz CT molecular complexity index is 1120. The lowest BCUT2D eigenvalue weighted by atomic mass is 9.94. The van der Waals surface area contributed by atoms with Crippen molar-refractivity contribution in [3.8, 4) is 0 Å². The van der Waals surface area contributed by atoms with Crippen molar-refractivity contribution in [1.29, 1.82) is 0 Å². The molecule has 7 heteroatoms. The Labute approximate surface area is 192 Å². The van der Waals surface area contributed by atoms with E-state index >= 15 is 0 Å². The van der Waals surface area contributed by atoms with Crippen LogP contribution in [0.2, 0.25) is 0 Å². The summed E-state index contributed by atoms with van der Waals surface area (Å²) in [6.45, 7) is 3.78. The molecule has 3 amide bonds. The van der Waals surface area contributed by atoms with Crippen molar-refractivity contribution in [3.05, 3.63) is 69.9 Å². The average molecular weight is 452 g/mol. The molecule has 0 radical (unpaired) electrons. The fourth-order valence-electron chi connectivity index (χ4n) is 4.24. The fraction of sp³-hybridized carbons (Fsp3) is 0.320. The first-order valence-electron chi connectivity index (χ1n) is 10.9. The summed E-state index contributed by atoms with van der Waals surface area (Å²) in [5, 5.41) is 5.84. The van der Waals surface area contributed by atoms with E-state index in [-0.39, 0.29) is 22.7 Å². The molecule has 1 saturated carbocycles. The molecule has 0 saturated heterocycles. The maximum Gasteiger partial charge on any atom is 0.279 e. The van der Waals surface area contributed by atoms with Crippen LogP contribution < -0.4 is 10.6 Å². The molecule has 2 aromatic rings. The number of amides is 3. The van der Waals surface area contributed by atoms with Crippen molar-refractivity contribution < 1.29 is 14.4 Å². The van der Waals surface area contributed by atoms with E-state index in [1.807, 2.05) is 38.1 Å². The third-order valence-electron chi connectivity index (χ3n) is 6.15. The number of anilines is 2. The quantitative estimate of drug-likeness (QED) is 0.618. The summed E-state index contributed by atoms with van der Waals surface area (Å²) in [5.41, 5.74) is 3.58. The van der Waals surface area contributed by atoms with Crippen molar-refractivity contribution >= 4 is 40.7 Å². The minimum absolute atomic E-state index is 0.0711. The van der Waals surface area contributed by atoms with Crippen molar-refractivity contribution in [2.24, 2.45) is 0 Å². The molecule has 1 fully saturated rings. The third kappa shape index (κ3) is 4.28. The second-order valence-corrected chi connectivity index (χ2v) is 8.76. The SMILES string of the molecule is Cc1ccccc1NC(=O)c1ccc(C)c(NC2=C(Cl)C(=O)N(C3CCCCC3)C2=O)c1. The molecule has 32 heavy (non-hydrogen) atoms. The van der Waals surface area contributed by atoms with Gasteiger partial charge in [0.25, 0.3) is 17.7 Å². The van der Waals surface area contributed by atoms with Gasteiger partial charge in [-0.2, -0.15) is 0 Å². The molecule has 0 aromatic heterocycles. The number of rotatable bonds is 5. The highest BCUT2D eigenvalue weighted by atomic mass is 35.5. The number of carbonyl (C=O) groups excluding carboxylic acids is 3. The van der Waals surface area contributed by atoms with Gasteiger partial charge in [0.1, 0.15) is 10.7 Å². The Morgan fingerprint density at radius 1 is 0.938 bits per heavy atom. The van der Waals surface area contributed by atoms with E-state index in [9.17, 15) is 14.4 Å². The zero-order chi connectivity index (χ0) is 22.8. The van der Waals surface area contributed by atoms with Gasteiger partial charge in [-0.15, -0.1) is 0 Å². The van der Waals surface area contributed by atoms with Gasteiger partial charge in [0, 0.05) is 23.0 Å². The van der Waals surface area contributed by atoms with Gasteiger partial charge in [-0.1, -0.05) is 55.1 Å². The summed E-state index contributed by atoms with van der Waals surface area (Å²) in [6, 6.07) is 12.6. The molecule has 0 bridgehead atoms. The summed E-state index contributed by atoms with van der Waals surface area (Å²) in [4.78, 5) is 39.9. The number of nitrogens with one attached hydrogen (secondary N) is 2. The van der Waals surface area contributed by atoms with Crippen LogP contribution in [-0.4, -0.2) is 28.7 Å². The predicted octanol–water partition coefficient (Wildman–Crippen LogP) is 5.12. The molecule has 1 heterocycles. The Hall–Kier alpha value is -3.12. The second-order valence-electron chi connectivity index (χ2n) is 8.38. The molecule has 2 N–H and O–H groups in total. The first kappa shape index (κ1) is 22.1. The Morgan fingerprint density at radius 3 is 2.34 bits per heavy atom. The van der Waals surface area contributed by atoms with Gasteiger partial charge in [0.2, 0.25) is 0 Å². The average Bonchev–Trinajstić information content (AvgIpc) is 3.00. The van der Waals surface area contributed by atoms with Crippen LogP contribution in [-0.2, 0) is 9.59 Å². The molecule has 2 aromatic carbocycles. The molecule has 0 atom stereocenters. The molecule has 0 spiro atoms. The number of aryl methyl sites for hydroxylation is 2. The van der Waals surface area contributed by atoms with Crippen molar-refractivity contribution in [3.63, 3.8) is 0 Å². The third-order valence-corrected chi connectivity index (χ3v) is 6.50. The van der Waals surface area contributed by atoms with Gasteiger partial charge >= 0.3 is 0 Å². The largest absolute Gasteiger partial charge is 0.349 e. The van der Waals surface area contributed by atoms with Crippen LogP contribution in [0.15, 0.2) is 53.2 Å². The maximum atomic E-state index is 13.1. The molecule has 166 valence electrons. The molecule has 0 unspecified atom stereocenters. The van der Waals surface area contributed by atoms with E-state index in [4.69, 9.17) is 11.6 Å². The number of carbonyl (C=O) groups is 3. The highest BCUT2D eigenvalue weighted by Gasteiger charge is 2.42. The smallest absolute Gasteiger partial charge is 0.279 e. The summed E-state index contributed by atoms with van der Waals surface area (Å²) >= 11 is 6.29. The topological polar surface area (TPSA) is 78.5 Å². The highest BCUT2D eigenvalue weighted by Crippen LogP contribution is 2.33. The standard InChI is InChI=1S/C25H26ClN3O3/c1-15-8-6-7-11-19(15)28-23(30)17-13-12-16(2)20(14-17)27-22-21(26)24(31)29(25(22)32)18-9-4-3-5-10-18/h6-8,11-14,18,27H,3-5,9-10H2,1-2H3,(H,28,30). The van der Waals surface area contributed by atoms with Crippen molar-refractivity contribution in [2.45, 2.75) is 52.0 Å². The molecule has 2 aliphatic rings. The molecule has 4 rings (SSSR count). The first-order valence-corrected chi connectivity index (χ1v) is 11.3. The number of para-hydroxylation sites is 1. The van der Waals surface area contributed by atoms with E-state index in [1.165, 1.54) is 4.90 Å². The van der Waals surface area contributed by atoms with Crippen LogP contribution in [0.4, 0.5) is 11.4 Å². The van der Waals surface area contributed by atoms with E-state index in [2.05, 4.69) is 10.6 Å². The van der Waals surface area contributed by atoms with Crippen molar-refractivity contribution in [2.75, 3.05) is 10.6 Å². The van der Waals surface area contributed by atoms with Crippen LogP contribution in [0, 0.1) is 13.8 Å². The van der Waals surface area contributed by atoms with Gasteiger partial charge in [0.15, 0.2) is 0 Å². The Balaban J connectivity index is 1.55. The first-order chi connectivity index (χ1) is 15.4. The minimum Gasteiger partial charge on any atom is -0.349 e. The number of nitrogens with zero attached hydrogens (tertiary/aromatic N) is 1. The Kier molecular flexibility index (Phi) is 6.33. The number of hydrogen-bond acceptors (Lipinski definition) is 4. The maximum absolute atomic E-state index is 13.1. The lowest BCUT2D eigenvalue weighted by Crippen LogP contribution is -2.42. The van der Waals surface area contributed by atoms with Gasteiger partial charge in [-0.25, -0.2) is 0 Å². The Morgan fingerprint density at radius 2 is 1.62 bits per heavy atom. The number of imide groups is 1. The minimum atomic E-state index is -0.447. The summed E-state index contributed by atoms with van der Waals surface area (Å²) in [6.07, 6.45) is 4.74. The fourth-order valence-corrected chi connectivity index (χ4v) is 4.46. The monoisotopic (exact) mass is 451 g/mol. The van der Waals surface area contributed by atoms with Crippen LogP contribution in [0.1, 0.15) is 53.6 Å². The lowest BCUT2D eigenvalue weighted by Gasteiger charge is -2.29. The molecule has 1 aliphatic heterocycles. The highest BCUT2D eigenvalue weighted by molar-refractivity contribution is 6.48. The predicted molar refractivity (Wildman–Crippen MR) is 126 cm³/mol. The molecular weight excluding hydrogens is 426 g/mol. The van der Waals surface area contributed by atoms with Gasteiger partial charge in [-0.3, -0.25) is 19.3 Å². The zero-order valence-electron chi connectivity index (χ0n) is 18.2. The molecule has 1 aliphatic carbocycles. The van der Waals surface area contributed by atoms with E-state index in [1.54, 1.807) is 18.2 Å². The van der Waals surface area contributed by atoms with Gasteiger partial charge < -0.3 is 10.6 Å².